The van der Waals surface area contributed by atoms with Crippen molar-refractivity contribution in [1.82, 2.24) is 4.90 Å². The number of halogens is 2. The van der Waals surface area contributed by atoms with Crippen molar-refractivity contribution >= 4 is 5.97 Å². The van der Waals surface area contributed by atoms with Gasteiger partial charge < -0.3 is 5.11 Å². The lowest BCUT2D eigenvalue weighted by molar-refractivity contribution is -0.147. The summed E-state index contributed by atoms with van der Waals surface area (Å²) in [5.41, 5.74) is 0.00587. The fourth-order valence-corrected chi connectivity index (χ4v) is 1.76. The SMILES string of the molecule is O=C(O)C1CN(Cc2c(F)cccc2F)C1. The molecule has 0 saturated carbocycles. The van der Waals surface area contributed by atoms with Crippen LogP contribution in [0.25, 0.3) is 0 Å². The lowest BCUT2D eigenvalue weighted by atomic mass is 9.99. The van der Waals surface area contributed by atoms with Gasteiger partial charge in [0.05, 0.1) is 5.92 Å². The van der Waals surface area contributed by atoms with Gasteiger partial charge in [-0.15, -0.1) is 0 Å². The number of hydrogen-bond donors (Lipinski definition) is 1. The van der Waals surface area contributed by atoms with Gasteiger partial charge in [0.25, 0.3) is 0 Å². The Bertz CT molecular complexity index is 396. The number of carboxylic acids is 1. The Kier molecular flexibility index (Phi) is 2.87. The quantitative estimate of drug-likeness (QED) is 0.850. The number of aliphatic carboxylic acids is 1. The maximum absolute atomic E-state index is 13.2. The van der Waals surface area contributed by atoms with Crippen LogP contribution in [-0.4, -0.2) is 29.1 Å². The van der Waals surface area contributed by atoms with E-state index in [1.807, 2.05) is 0 Å². The Morgan fingerprint density at radius 1 is 1.38 bits per heavy atom. The van der Waals surface area contributed by atoms with Crippen molar-refractivity contribution in [1.29, 1.82) is 0 Å². The number of likely N-dealkylation sites (tertiary alicyclic amines) is 1. The molecule has 0 aromatic heterocycles. The van der Waals surface area contributed by atoms with Crippen LogP contribution in [0.15, 0.2) is 18.2 Å². The van der Waals surface area contributed by atoms with Crippen molar-refractivity contribution in [2.45, 2.75) is 6.54 Å². The van der Waals surface area contributed by atoms with E-state index in [4.69, 9.17) is 5.11 Å². The van der Waals surface area contributed by atoms with E-state index in [0.717, 1.165) is 0 Å². The highest BCUT2D eigenvalue weighted by Crippen LogP contribution is 2.21. The first-order valence-corrected chi connectivity index (χ1v) is 4.96. The molecule has 0 radical (unpaired) electrons. The van der Waals surface area contributed by atoms with Gasteiger partial charge in [0, 0.05) is 25.2 Å². The summed E-state index contributed by atoms with van der Waals surface area (Å²) in [6.45, 7) is 0.828. The van der Waals surface area contributed by atoms with Crippen molar-refractivity contribution in [2.24, 2.45) is 5.92 Å². The van der Waals surface area contributed by atoms with Crippen molar-refractivity contribution in [3.8, 4) is 0 Å². The van der Waals surface area contributed by atoms with E-state index >= 15 is 0 Å². The van der Waals surface area contributed by atoms with Crippen LogP contribution < -0.4 is 0 Å². The van der Waals surface area contributed by atoms with Gasteiger partial charge in [-0.3, -0.25) is 9.69 Å². The molecule has 2 rings (SSSR count). The van der Waals surface area contributed by atoms with Crippen LogP contribution >= 0.6 is 0 Å². The summed E-state index contributed by atoms with van der Waals surface area (Å²) in [4.78, 5) is 12.2. The third-order valence-corrected chi connectivity index (χ3v) is 2.75. The fourth-order valence-electron chi connectivity index (χ4n) is 1.76. The Hall–Kier alpha value is -1.49. The minimum Gasteiger partial charge on any atom is -0.481 e. The zero-order valence-electron chi connectivity index (χ0n) is 8.49. The fraction of sp³-hybridized carbons (Fsp3) is 0.364. The topological polar surface area (TPSA) is 40.5 Å². The minimum atomic E-state index is -0.856. The molecule has 3 nitrogen and oxygen atoms in total. The Morgan fingerprint density at radius 3 is 2.44 bits per heavy atom. The monoisotopic (exact) mass is 227 g/mol. The van der Waals surface area contributed by atoms with Crippen LogP contribution in [0.1, 0.15) is 5.56 Å². The Morgan fingerprint density at radius 2 is 1.94 bits per heavy atom. The number of carboxylic acid groups (broad SMARTS) is 1. The molecular weight excluding hydrogens is 216 g/mol. The summed E-state index contributed by atoms with van der Waals surface area (Å²) in [7, 11) is 0. The summed E-state index contributed by atoms with van der Waals surface area (Å²) in [6, 6.07) is 3.71. The van der Waals surface area contributed by atoms with E-state index in [9.17, 15) is 13.6 Å². The first-order valence-electron chi connectivity index (χ1n) is 4.96. The summed E-state index contributed by atoms with van der Waals surface area (Å²) in [5, 5.41) is 8.65. The predicted molar refractivity (Wildman–Crippen MR) is 52.8 cm³/mol. The molecule has 0 spiro atoms. The molecule has 1 heterocycles. The van der Waals surface area contributed by atoms with Gasteiger partial charge in [0.15, 0.2) is 0 Å². The first-order chi connectivity index (χ1) is 7.58. The number of rotatable bonds is 3. The Balaban J connectivity index is 1.99. The second kappa shape index (κ2) is 4.17. The lowest BCUT2D eigenvalue weighted by Crippen LogP contribution is -2.49. The van der Waals surface area contributed by atoms with Crippen molar-refractivity contribution in [3.63, 3.8) is 0 Å². The average Bonchev–Trinajstić information content (AvgIpc) is 2.13. The smallest absolute Gasteiger partial charge is 0.309 e. The molecule has 1 aromatic rings. The normalized spacial score (nSPS) is 17.1. The molecule has 5 heteroatoms. The molecule has 0 bridgehead atoms. The van der Waals surface area contributed by atoms with E-state index < -0.39 is 23.5 Å². The lowest BCUT2D eigenvalue weighted by Gasteiger charge is -2.36. The number of hydrogen-bond acceptors (Lipinski definition) is 2. The molecular formula is C11H11F2NO2. The van der Waals surface area contributed by atoms with Gasteiger partial charge in [-0.1, -0.05) is 6.07 Å². The average molecular weight is 227 g/mol. The molecule has 0 amide bonds. The molecule has 16 heavy (non-hydrogen) atoms. The molecule has 1 aromatic carbocycles. The largest absolute Gasteiger partial charge is 0.481 e. The van der Waals surface area contributed by atoms with Crippen LogP contribution in [0.3, 0.4) is 0 Å². The van der Waals surface area contributed by atoms with E-state index in [2.05, 4.69) is 0 Å². The Labute approximate surface area is 91.3 Å². The van der Waals surface area contributed by atoms with Gasteiger partial charge in [-0.05, 0) is 12.1 Å². The predicted octanol–water partition coefficient (Wildman–Crippen LogP) is 1.48. The molecule has 0 unspecified atom stereocenters. The third-order valence-electron chi connectivity index (χ3n) is 2.75. The molecule has 0 aliphatic carbocycles. The second-order valence-corrected chi connectivity index (χ2v) is 3.93. The van der Waals surface area contributed by atoms with Crippen molar-refractivity contribution in [2.75, 3.05) is 13.1 Å². The minimum absolute atomic E-state index is 0.00587. The van der Waals surface area contributed by atoms with Crippen molar-refractivity contribution < 1.29 is 18.7 Å². The van der Waals surface area contributed by atoms with Crippen LogP contribution in [0, 0.1) is 17.6 Å². The highest BCUT2D eigenvalue weighted by atomic mass is 19.1. The van der Waals surface area contributed by atoms with Crippen LogP contribution in [0.4, 0.5) is 8.78 Å². The second-order valence-electron chi connectivity index (χ2n) is 3.93. The first kappa shape index (κ1) is 11.0. The molecule has 1 N–H and O–H groups in total. The highest BCUT2D eigenvalue weighted by Gasteiger charge is 2.33. The number of carbonyl (C=O) groups is 1. The summed E-state index contributed by atoms with van der Waals surface area (Å²) < 4.78 is 26.5. The standard InChI is InChI=1S/C11H11F2NO2/c12-9-2-1-3-10(13)8(9)6-14-4-7(5-14)11(15)16/h1-3,7H,4-6H2,(H,15,16). The maximum atomic E-state index is 13.2. The summed E-state index contributed by atoms with van der Waals surface area (Å²) in [6.07, 6.45) is 0. The van der Waals surface area contributed by atoms with E-state index in [0.29, 0.717) is 13.1 Å². The molecule has 1 saturated heterocycles. The molecule has 1 aliphatic heterocycles. The maximum Gasteiger partial charge on any atom is 0.309 e. The summed E-state index contributed by atoms with van der Waals surface area (Å²) >= 11 is 0. The van der Waals surface area contributed by atoms with Gasteiger partial charge in [0.2, 0.25) is 0 Å². The highest BCUT2D eigenvalue weighted by molar-refractivity contribution is 5.71. The molecule has 1 fully saturated rings. The number of nitrogens with zero attached hydrogens (tertiary/aromatic N) is 1. The molecule has 0 atom stereocenters. The third kappa shape index (κ3) is 2.04. The summed E-state index contributed by atoms with van der Waals surface area (Å²) in [5.74, 6) is -2.43. The van der Waals surface area contributed by atoms with E-state index in [1.54, 1.807) is 4.90 Å². The van der Waals surface area contributed by atoms with E-state index in [1.165, 1.54) is 18.2 Å². The van der Waals surface area contributed by atoms with Crippen LogP contribution in [0.5, 0.6) is 0 Å². The van der Waals surface area contributed by atoms with Gasteiger partial charge in [-0.2, -0.15) is 0 Å². The molecule has 1 aliphatic rings. The van der Waals surface area contributed by atoms with Crippen molar-refractivity contribution in [3.05, 3.63) is 35.4 Å². The molecule has 86 valence electrons. The van der Waals surface area contributed by atoms with Gasteiger partial charge in [-0.25, -0.2) is 8.78 Å². The van der Waals surface area contributed by atoms with Crippen LogP contribution in [-0.2, 0) is 11.3 Å². The zero-order valence-corrected chi connectivity index (χ0v) is 8.49. The zero-order chi connectivity index (χ0) is 11.7. The van der Waals surface area contributed by atoms with Crippen LogP contribution in [0.2, 0.25) is 0 Å². The number of benzene rings is 1. The van der Waals surface area contributed by atoms with E-state index in [-0.39, 0.29) is 12.1 Å². The van der Waals surface area contributed by atoms with Gasteiger partial charge in [0.1, 0.15) is 11.6 Å². The van der Waals surface area contributed by atoms with Gasteiger partial charge >= 0.3 is 5.97 Å².